The van der Waals surface area contributed by atoms with Gasteiger partial charge in [0.2, 0.25) is 5.91 Å². The molecule has 0 unspecified atom stereocenters. The van der Waals surface area contributed by atoms with Crippen LogP contribution in [0.4, 0.5) is 4.79 Å². The first-order chi connectivity index (χ1) is 21.3. The molecule has 1 N–H and O–H groups in total. The molecule has 1 aliphatic heterocycles. The van der Waals surface area contributed by atoms with Crippen LogP contribution >= 0.6 is 0 Å². The average Bonchev–Trinajstić information content (AvgIpc) is 3.37. The molecule has 0 radical (unpaired) electrons. The first-order valence-corrected chi connectivity index (χ1v) is 17.9. The fraction of sp³-hybridized carbons (Fsp3) is 0.432. The Hall–Kier alpha value is -3.75. The Balaban J connectivity index is 1.50. The molecule has 1 saturated heterocycles. The third-order valence-electron chi connectivity index (χ3n) is 8.66. The van der Waals surface area contributed by atoms with Crippen LogP contribution in [0.25, 0.3) is 0 Å². The minimum atomic E-state index is -3.17. The summed E-state index contributed by atoms with van der Waals surface area (Å²) in [6, 6.07) is 29.1. The van der Waals surface area contributed by atoms with Gasteiger partial charge in [0, 0.05) is 5.92 Å². The second kappa shape index (κ2) is 14.6. The van der Waals surface area contributed by atoms with Crippen molar-refractivity contribution in [2.45, 2.75) is 89.8 Å². The molecule has 0 bridgehead atoms. The molecule has 0 spiro atoms. The number of ether oxygens (including phenoxy) is 2. The van der Waals surface area contributed by atoms with Crippen LogP contribution in [-0.2, 0) is 25.5 Å². The second-order valence-electron chi connectivity index (χ2n) is 13.7. The lowest BCUT2D eigenvalue weighted by Gasteiger charge is -2.41. The molecular weight excluding hydrogens is 582 g/mol. The van der Waals surface area contributed by atoms with E-state index in [2.05, 4.69) is 13.8 Å². The van der Waals surface area contributed by atoms with E-state index >= 15 is 0 Å². The third kappa shape index (κ3) is 8.50. The maximum absolute atomic E-state index is 14.0. The van der Waals surface area contributed by atoms with Crippen LogP contribution in [0.1, 0.15) is 72.3 Å². The standard InChI is InChI=1S/C37H47NO6Si/c1-36(2,3)44-33(39)26-29(34(40)38-30(27-43-35(38)41)25-28-17-9-6-10-18-28)19-15-16-24-37(4,5)45(42,31-20-11-7-12-21-31)32-22-13-8-14-23-32/h6-14,17-18,20-23,29-30,42H,15-16,19,24-27H2,1-5H3/t29-,30+/m0/s1. The van der Waals surface area contributed by atoms with Crippen LogP contribution in [-0.4, -0.2) is 54.2 Å². The maximum Gasteiger partial charge on any atom is 0.416 e. The lowest BCUT2D eigenvalue weighted by atomic mass is 9.93. The average molecular weight is 630 g/mol. The van der Waals surface area contributed by atoms with Gasteiger partial charge in [0.15, 0.2) is 0 Å². The number of amides is 2. The Labute approximate surface area is 268 Å². The van der Waals surface area contributed by atoms with Crippen molar-refractivity contribution in [3.05, 3.63) is 96.6 Å². The molecule has 3 aromatic carbocycles. The van der Waals surface area contributed by atoms with E-state index in [0.717, 1.165) is 28.8 Å². The van der Waals surface area contributed by atoms with E-state index in [0.29, 0.717) is 19.3 Å². The van der Waals surface area contributed by atoms with Gasteiger partial charge in [-0.05, 0) is 61.0 Å². The first kappa shape index (κ1) is 34.1. The van der Waals surface area contributed by atoms with Crippen molar-refractivity contribution in [1.29, 1.82) is 0 Å². The van der Waals surface area contributed by atoms with E-state index < -0.39 is 48.9 Å². The molecule has 1 aliphatic rings. The van der Waals surface area contributed by atoms with Crippen LogP contribution in [0.15, 0.2) is 91.0 Å². The summed E-state index contributed by atoms with van der Waals surface area (Å²) < 4.78 is 10.9. The van der Waals surface area contributed by atoms with Gasteiger partial charge in [-0.15, -0.1) is 0 Å². The molecular formula is C37H47NO6Si. The number of imide groups is 1. The number of hydrogen-bond acceptors (Lipinski definition) is 6. The summed E-state index contributed by atoms with van der Waals surface area (Å²) >= 11 is 0. The minimum absolute atomic E-state index is 0.117. The Morgan fingerprint density at radius 2 is 1.42 bits per heavy atom. The van der Waals surface area contributed by atoms with E-state index in [9.17, 15) is 19.2 Å². The van der Waals surface area contributed by atoms with Crippen LogP contribution in [0.3, 0.4) is 0 Å². The van der Waals surface area contributed by atoms with E-state index in [1.165, 1.54) is 4.90 Å². The molecule has 0 aromatic heterocycles. The van der Waals surface area contributed by atoms with Crippen molar-refractivity contribution in [2.24, 2.45) is 5.92 Å². The van der Waals surface area contributed by atoms with Gasteiger partial charge in [0.1, 0.15) is 12.2 Å². The molecule has 3 aromatic rings. The maximum atomic E-state index is 14.0. The van der Waals surface area contributed by atoms with Gasteiger partial charge in [0.25, 0.3) is 8.32 Å². The highest BCUT2D eigenvalue weighted by Gasteiger charge is 2.49. The second-order valence-corrected chi connectivity index (χ2v) is 17.6. The summed E-state index contributed by atoms with van der Waals surface area (Å²) in [6.07, 6.45) is 2.20. The van der Waals surface area contributed by atoms with Gasteiger partial charge in [-0.1, -0.05) is 118 Å². The highest BCUT2D eigenvalue weighted by molar-refractivity contribution is 6.98. The van der Waals surface area contributed by atoms with E-state index in [1.807, 2.05) is 91.0 Å². The number of rotatable bonds is 13. The number of carbonyl (C=O) groups excluding carboxylic acids is 3. The summed E-state index contributed by atoms with van der Waals surface area (Å²) in [6.45, 7) is 9.75. The van der Waals surface area contributed by atoms with Gasteiger partial charge in [-0.2, -0.15) is 0 Å². The summed E-state index contributed by atoms with van der Waals surface area (Å²) in [5.74, 6) is -1.60. The fourth-order valence-electron chi connectivity index (χ4n) is 6.31. The van der Waals surface area contributed by atoms with Crippen molar-refractivity contribution >= 4 is 36.7 Å². The molecule has 4 rings (SSSR count). The van der Waals surface area contributed by atoms with Gasteiger partial charge < -0.3 is 14.3 Å². The third-order valence-corrected chi connectivity index (χ3v) is 13.2. The number of hydrogen-bond donors (Lipinski definition) is 1. The predicted octanol–water partition coefficient (Wildman–Crippen LogP) is 6.02. The van der Waals surface area contributed by atoms with Gasteiger partial charge in [-0.25, -0.2) is 9.69 Å². The number of carbonyl (C=O) groups is 3. The highest BCUT2D eigenvalue weighted by atomic mass is 28.4. The largest absolute Gasteiger partial charge is 0.460 e. The van der Waals surface area contributed by atoms with Crippen molar-refractivity contribution < 1.29 is 28.7 Å². The van der Waals surface area contributed by atoms with Crippen LogP contribution in [0.2, 0.25) is 5.04 Å². The quantitative estimate of drug-likeness (QED) is 0.141. The van der Waals surface area contributed by atoms with E-state index in [1.54, 1.807) is 20.8 Å². The Kier molecular flexibility index (Phi) is 11.0. The van der Waals surface area contributed by atoms with Crippen molar-refractivity contribution in [1.82, 2.24) is 4.90 Å². The summed E-state index contributed by atoms with van der Waals surface area (Å²) in [4.78, 5) is 53.4. The number of unbranched alkanes of at least 4 members (excludes halogenated alkanes) is 1. The van der Waals surface area contributed by atoms with E-state index in [4.69, 9.17) is 9.47 Å². The van der Waals surface area contributed by atoms with E-state index in [-0.39, 0.29) is 13.0 Å². The molecule has 0 saturated carbocycles. The van der Waals surface area contributed by atoms with Gasteiger partial charge in [-0.3, -0.25) is 9.59 Å². The Bertz CT molecular complexity index is 1380. The SMILES string of the molecule is CC(C)(C)OC(=O)C[C@H](CCCCC(C)(C)[Si](O)(c1ccccc1)c1ccccc1)C(=O)N1C(=O)OC[C@H]1Cc1ccccc1. The molecule has 8 heteroatoms. The zero-order valence-corrected chi connectivity index (χ0v) is 28.2. The van der Waals surface area contributed by atoms with Gasteiger partial charge in [0.05, 0.1) is 12.5 Å². The molecule has 1 fully saturated rings. The molecule has 0 aliphatic carbocycles. The number of benzene rings is 3. The zero-order chi connectivity index (χ0) is 32.7. The monoisotopic (exact) mass is 629 g/mol. The summed E-state index contributed by atoms with van der Waals surface area (Å²) in [7, 11) is -3.17. The number of esters is 1. The molecule has 1 heterocycles. The first-order valence-electron chi connectivity index (χ1n) is 15.9. The van der Waals surface area contributed by atoms with Crippen molar-refractivity contribution in [2.75, 3.05) is 6.61 Å². The van der Waals surface area contributed by atoms with Crippen LogP contribution in [0, 0.1) is 5.92 Å². The van der Waals surface area contributed by atoms with Crippen LogP contribution < -0.4 is 10.4 Å². The lowest BCUT2D eigenvalue weighted by Crippen LogP contribution is -2.65. The minimum Gasteiger partial charge on any atom is -0.460 e. The molecule has 2 amide bonds. The molecule has 240 valence electrons. The Morgan fingerprint density at radius 1 is 0.889 bits per heavy atom. The smallest absolute Gasteiger partial charge is 0.416 e. The highest BCUT2D eigenvalue weighted by Crippen LogP contribution is 2.40. The number of nitrogens with zero attached hydrogens (tertiary/aromatic N) is 1. The number of cyclic esters (lactones) is 1. The Morgan fingerprint density at radius 3 is 1.96 bits per heavy atom. The molecule has 7 nitrogen and oxygen atoms in total. The normalized spacial score (nSPS) is 16.3. The lowest BCUT2D eigenvalue weighted by molar-refractivity contribution is -0.158. The van der Waals surface area contributed by atoms with Gasteiger partial charge >= 0.3 is 12.1 Å². The molecule has 45 heavy (non-hydrogen) atoms. The van der Waals surface area contributed by atoms with Crippen molar-refractivity contribution in [3.63, 3.8) is 0 Å². The zero-order valence-electron chi connectivity index (χ0n) is 27.2. The topological polar surface area (TPSA) is 93.1 Å². The summed E-state index contributed by atoms with van der Waals surface area (Å²) in [5.41, 5.74) is 0.305. The summed E-state index contributed by atoms with van der Waals surface area (Å²) in [5, 5.41) is 1.48. The van der Waals surface area contributed by atoms with Crippen molar-refractivity contribution in [3.8, 4) is 0 Å². The van der Waals surface area contributed by atoms with Crippen LogP contribution in [0.5, 0.6) is 0 Å². The predicted molar refractivity (Wildman–Crippen MR) is 179 cm³/mol. The fourth-order valence-corrected chi connectivity index (χ4v) is 10.1. The molecule has 2 atom stereocenters.